The number of carboxylic acid groups (broad SMARTS) is 1. The second-order valence-corrected chi connectivity index (χ2v) is 7.19. The Balaban J connectivity index is 1.62. The average molecular weight is 381 g/mol. The minimum atomic E-state index is -4.38. The highest BCUT2D eigenvalue weighted by Crippen LogP contribution is 2.39. The zero-order chi connectivity index (χ0) is 19.6. The van der Waals surface area contributed by atoms with E-state index in [9.17, 15) is 22.8 Å². The summed E-state index contributed by atoms with van der Waals surface area (Å²) in [5.41, 5.74) is 0.0682. The molecule has 7 heteroatoms. The summed E-state index contributed by atoms with van der Waals surface area (Å²) in [6.07, 6.45) is -0.462. The van der Waals surface area contributed by atoms with Crippen molar-refractivity contribution in [3.63, 3.8) is 0 Å². The maximum Gasteiger partial charge on any atom is 0.416 e. The van der Waals surface area contributed by atoms with Gasteiger partial charge in [-0.1, -0.05) is 24.3 Å². The normalized spacial score (nSPS) is 21.7. The molecule has 1 aliphatic carbocycles. The molecule has 1 aromatic carbocycles. The van der Waals surface area contributed by atoms with E-state index in [4.69, 9.17) is 5.11 Å². The molecule has 3 rings (SSSR count). The van der Waals surface area contributed by atoms with Gasteiger partial charge in [-0.05, 0) is 49.7 Å². The highest BCUT2D eigenvalue weighted by molar-refractivity contribution is 5.87. The lowest BCUT2D eigenvalue weighted by molar-refractivity contribution is -0.140. The van der Waals surface area contributed by atoms with Gasteiger partial charge in [0, 0.05) is 24.6 Å². The standard InChI is InChI=1S/C20H22F3NO3/c21-20(22,23)17-4-2-1-3-16(17)13-9-11-24(12-10-13)18(25)14-5-7-15(8-6-14)19(26)27/h1-4,7,13-14H,5-6,8-12H2,(H,26,27). The molecule has 0 radical (unpaired) electrons. The topological polar surface area (TPSA) is 57.6 Å². The number of piperidine rings is 1. The summed E-state index contributed by atoms with van der Waals surface area (Å²) in [7, 11) is 0. The lowest BCUT2D eigenvalue weighted by atomic mass is 9.84. The Labute approximate surface area is 155 Å². The van der Waals surface area contributed by atoms with Crippen molar-refractivity contribution in [1.82, 2.24) is 4.90 Å². The second-order valence-electron chi connectivity index (χ2n) is 7.19. The smallest absolute Gasteiger partial charge is 0.416 e. The summed E-state index contributed by atoms with van der Waals surface area (Å²) in [6, 6.07) is 5.66. The molecule has 0 aromatic heterocycles. The third-order valence-corrected chi connectivity index (χ3v) is 5.55. The van der Waals surface area contributed by atoms with Gasteiger partial charge < -0.3 is 10.0 Å². The van der Waals surface area contributed by atoms with E-state index in [2.05, 4.69) is 0 Å². The number of allylic oxidation sites excluding steroid dienone is 1. The van der Waals surface area contributed by atoms with Crippen LogP contribution in [0.2, 0.25) is 0 Å². The molecule has 1 N–H and O–H groups in total. The van der Waals surface area contributed by atoms with Crippen LogP contribution in [-0.4, -0.2) is 35.0 Å². The van der Waals surface area contributed by atoms with Crippen molar-refractivity contribution < 1.29 is 27.9 Å². The van der Waals surface area contributed by atoms with Crippen LogP contribution in [0.5, 0.6) is 0 Å². The first-order chi connectivity index (χ1) is 12.8. The van der Waals surface area contributed by atoms with Crippen molar-refractivity contribution in [1.29, 1.82) is 0 Å². The van der Waals surface area contributed by atoms with Crippen molar-refractivity contribution in [3.8, 4) is 0 Å². The van der Waals surface area contributed by atoms with Gasteiger partial charge in [-0.15, -0.1) is 0 Å². The highest BCUT2D eigenvalue weighted by Gasteiger charge is 2.36. The van der Waals surface area contributed by atoms with E-state index in [1.807, 2.05) is 0 Å². The van der Waals surface area contributed by atoms with Crippen LogP contribution in [0.25, 0.3) is 0 Å². The number of hydrogen-bond donors (Lipinski definition) is 1. The number of amides is 1. The predicted octanol–water partition coefficient (Wildman–Crippen LogP) is 4.22. The van der Waals surface area contributed by atoms with Gasteiger partial charge in [0.2, 0.25) is 5.91 Å². The Bertz CT molecular complexity index is 749. The van der Waals surface area contributed by atoms with E-state index < -0.39 is 17.7 Å². The van der Waals surface area contributed by atoms with Gasteiger partial charge in [0.05, 0.1) is 5.56 Å². The Morgan fingerprint density at radius 3 is 2.30 bits per heavy atom. The lowest BCUT2D eigenvalue weighted by Gasteiger charge is -2.35. The van der Waals surface area contributed by atoms with Crippen molar-refractivity contribution >= 4 is 11.9 Å². The van der Waals surface area contributed by atoms with Crippen molar-refractivity contribution in [2.75, 3.05) is 13.1 Å². The van der Waals surface area contributed by atoms with Crippen LogP contribution in [0.15, 0.2) is 35.9 Å². The molecule has 1 unspecified atom stereocenters. The van der Waals surface area contributed by atoms with E-state index in [0.29, 0.717) is 56.3 Å². The summed E-state index contributed by atoms with van der Waals surface area (Å²) in [6.45, 7) is 0.864. The van der Waals surface area contributed by atoms with E-state index in [1.54, 1.807) is 17.0 Å². The molecule has 4 nitrogen and oxygen atoms in total. The molecule has 1 aromatic rings. The fourth-order valence-corrected chi connectivity index (χ4v) is 4.03. The van der Waals surface area contributed by atoms with Gasteiger partial charge in [0.15, 0.2) is 0 Å². The van der Waals surface area contributed by atoms with Crippen molar-refractivity contribution in [2.45, 2.75) is 44.2 Å². The Morgan fingerprint density at radius 1 is 1.07 bits per heavy atom. The molecule has 1 aliphatic heterocycles. The molecule has 0 saturated carbocycles. The number of carboxylic acids is 1. The van der Waals surface area contributed by atoms with Gasteiger partial charge >= 0.3 is 12.1 Å². The van der Waals surface area contributed by atoms with Crippen LogP contribution in [0, 0.1) is 5.92 Å². The molecule has 1 fully saturated rings. The quantitative estimate of drug-likeness (QED) is 0.853. The van der Waals surface area contributed by atoms with E-state index in [0.717, 1.165) is 6.07 Å². The first kappa shape index (κ1) is 19.5. The first-order valence-corrected chi connectivity index (χ1v) is 9.14. The maximum absolute atomic E-state index is 13.2. The third kappa shape index (κ3) is 4.34. The molecule has 146 valence electrons. The Kier molecular flexibility index (Phi) is 5.58. The number of carbonyl (C=O) groups is 2. The van der Waals surface area contributed by atoms with E-state index in [-0.39, 0.29) is 17.7 Å². The summed E-state index contributed by atoms with van der Waals surface area (Å²) >= 11 is 0. The number of likely N-dealkylation sites (tertiary alicyclic amines) is 1. The molecule has 0 spiro atoms. The second kappa shape index (κ2) is 7.74. The summed E-state index contributed by atoms with van der Waals surface area (Å²) in [5.74, 6) is -1.40. The van der Waals surface area contributed by atoms with Crippen LogP contribution < -0.4 is 0 Å². The van der Waals surface area contributed by atoms with Crippen LogP contribution in [-0.2, 0) is 15.8 Å². The van der Waals surface area contributed by atoms with Gasteiger partial charge in [-0.25, -0.2) is 4.79 Å². The number of halogens is 3. The maximum atomic E-state index is 13.2. The number of rotatable bonds is 3. The SMILES string of the molecule is O=C(O)C1=CCC(C(=O)N2CCC(c3ccccc3C(F)(F)F)CC2)CC1. The van der Waals surface area contributed by atoms with Crippen LogP contribution >= 0.6 is 0 Å². The molecule has 1 amide bonds. The molecule has 1 saturated heterocycles. The minimum Gasteiger partial charge on any atom is -0.478 e. The van der Waals surface area contributed by atoms with Gasteiger partial charge in [-0.2, -0.15) is 13.2 Å². The van der Waals surface area contributed by atoms with Gasteiger partial charge in [0.1, 0.15) is 0 Å². The van der Waals surface area contributed by atoms with Gasteiger partial charge in [-0.3, -0.25) is 4.79 Å². The number of nitrogens with zero attached hydrogens (tertiary/aromatic N) is 1. The first-order valence-electron chi connectivity index (χ1n) is 9.14. The number of aliphatic carboxylic acids is 1. The molecule has 2 aliphatic rings. The average Bonchev–Trinajstić information content (AvgIpc) is 2.67. The molecule has 1 atom stereocenters. The lowest BCUT2D eigenvalue weighted by Crippen LogP contribution is -2.42. The molecular formula is C20H22F3NO3. The number of hydrogen-bond acceptors (Lipinski definition) is 2. The monoisotopic (exact) mass is 381 g/mol. The number of benzene rings is 1. The van der Waals surface area contributed by atoms with Crippen LogP contribution in [0.1, 0.15) is 49.1 Å². The zero-order valence-corrected chi connectivity index (χ0v) is 14.8. The van der Waals surface area contributed by atoms with Crippen LogP contribution in [0.4, 0.5) is 13.2 Å². The summed E-state index contributed by atoms with van der Waals surface area (Å²) in [5, 5.41) is 8.99. The van der Waals surface area contributed by atoms with Gasteiger partial charge in [0.25, 0.3) is 0 Å². The van der Waals surface area contributed by atoms with E-state index in [1.165, 1.54) is 12.1 Å². The molecule has 0 bridgehead atoms. The fraction of sp³-hybridized carbons (Fsp3) is 0.500. The molecule has 27 heavy (non-hydrogen) atoms. The highest BCUT2D eigenvalue weighted by atomic mass is 19.4. The Hall–Kier alpha value is -2.31. The fourth-order valence-electron chi connectivity index (χ4n) is 4.03. The minimum absolute atomic E-state index is 0.0155. The van der Waals surface area contributed by atoms with Crippen LogP contribution in [0.3, 0.4) is 0 Å². The third-order valence-electron chi connectivity index (χ3n) is 5.55. The molecular weight excluding hydrogens is 359 g/mol. The van der Waals surface area contributed by atoms with Crippen molar-refractivity contribution in [3.05, 3.63) is 47.0 Å². The summed E-state index contributed by atoms with van der Waals surface area (Å²) < 4.78 is 39.7. The molecule has 1 heterocycles. The Morgan fingerprint density at radius 2 is 1.74 bits per heavy atom. The summed E-state index contributed by atoms with van der Waals surface area (Å²) in [4.78, 5) is 25.3. The van der Waals surface area contributed by atoms with Crippen molar-refractivity contribution in [2.24, 2.45) is 5.92 Å². The van der Waals surface area contributed by atoms with E-state index >= 15 is 0 Å². The number of carbonyl (C=O) groups excluding carboxylic acids is 1. The number of alkyl halides is 3. The largest absolute Gasteiger partial charge is 0.478 e. The predicted molar refractivity (Wildman–Crippen MR) is 93.1 cm³/mol. The zero-order valence-electron chi connectivity index (χ0n) is 14.8.